The minimum atomic E-state index is 0.222. The van der Waals surface area contributed by atoms with Gasteiger partial charge in [0.05, 0.1) is 13.6 Å². The topological polar surface area (TPSA) is 64.4 Å². The summed E-state index contributed by atoms with van der Waals surface area (Å²) in [5.74, 6) is 0.222. The van der Waals surface area contributed by atoms with Crippen LogP contribution in [0.4, 0.5) is 0 Å². The zero-order valence-electron chi connectivity index (χ0n) is 10.5. The molecule has 1 atom stereocenters. The van der Waals surface area contributed by atoms with E-state index in [0.717, 1.165) is 6.54 Å². The van der Waals surface area contributed by atoms with Gasteiger partial charge in [-0.2, -0.15) is 0 Å². The summed E-state index contributed by atoms with van der Waals surface area (Å²) in [6.07, 6.45) is 0. The SMILES string of the molecule is CC(CN=C(N)N)[N+]12CC[N+](C)(CC1)CC2. The number of piperazine rings is 3. The van der Waals surface area contributed by atoms with E-state index in [9.17, 15) is 0 Å². The Labute approximate surface area is 97.9 Å². The molecule has 92 valence electrons. The highest BCUT2D eigenvalue weighted by molar-refractivity contribution is 5.75. The molecule has 0 aromatic rings. The van der Waals surface area contributed by atoms with Crippen molar-refractivity contribution in [3.8, 4) is 0 Å². The molecular formula is C11H25N5+2. The van der Waals surface area contributed by atoms with Crippen LogP contribution >= 0.6 is 0 Å². The molecular weight excluding hydrogens is 202 g/mol. The van der Waals surface area contributed by atoms with Gasteiger partial charge >= 0.3 is 0 Å². The largest absolute Gasteiger partial charge is 0.370 e. The molecule has 3 saturated heterocycles. The Morgan fingerprint density at radius 1 is 1.12 bits per heavy atom. The predicted molar refractivity (Wildman–Crippen MR) is 65.8 cm³/mol. The lowest BCUT2D eigenvalue weighted by Gasteiger charge is -2.56. The van der Waals surface area contributed by atoms with Crippen molar-refractivity contribution in [2.45, 2.75) is 13.0 Å². The maximum atomic E-state index is 5.40. The van der Waals surface area contributed by atoms with Gasteiger partial charge in [-0.15, -0.1) is 0 Å². The van der Waals surface area contributed by atoms with Gasteiger partial charge in [0.1, 0.15) is 45.3 Å². The molecule has 0 radical (unpaired) electrons. The fourth-order valence-corrected chi connectivity index (χ4v) is 3.06. The first kappa shape index (κ1) is 11.7. The number of quaternary nitrogens is 2. The number of fused-ring (bicyclic) bond motifs is 3. The number of hydrogen-bond acceptors (Lipinski definition) is 1. The van der Waals surface area contributed by atoms with Crippen molar-refractivity contribution in [2.24, 2.45) is 16.5 Å². The highest BCUT2D eigenvalue weighted by Crippen LogP contribution is 2.27. The first-order valence-corrected chi connectivity index (χ1v) is 6.21. The molecule has 5 heteroatoms. The van der Waals surface area contributed by atoms with E-state index in [1.165, 1.54) is 48.2 Å². The molecule has 3 fully saturated rings. The molecule has 0 aliphatic carbocycles. The Kier molecular flexibility index (Phi) is 2.84. The molecule has 4 N–H and O–H groups in total. The lowest BCUT2D eigenvalue weighted by atomic mass is 10.0. The fourth-order valence-electron chi connectivity index (χ4n) is 3.06. The average Bonchev–Trinajstić information content (AvgIpc) is 2.27. The summed E-state index contributed by atoms with van der Waals surface area (Å²) in [6, 6.07) is 0.552. The van der Waals surface area contributed by atoms with Gasteiger partial charge in [-0.1, -0.05) is 0 Å². The molecule has 0 spiro atoms. The smallest absolute Gasteiger partial charge is 0.186 e. The van der Waals surface area contributed by atoms with Crippen LogP contribution in [0.5, 0.6) is 0 Å². The Bertz CT molecular complexity index is 270. The summed E-state index contributed by atoms with van der Waals surface area (Å²) in [7, 11) is 2.38. The van der Waals surface area contributed by atoms with Gasteiger partial charge in [0.2, 0.25) is 0 Å². The van der Waals surface area contributed by atoms with Crippen molar-refractivity contribution in [2.75, 3.05) is 52.9 Å². The number of likely N-dealkylation sites (N-methyl/N-ethyl adjacent to an activating group) is 1. The Hall–Kier alpha value is -0.810. The summed E-state index contributed by atoms with van der Waals surface area (Å²) >= 11 is 0. The second-order valence-corrected chi connectivity index (χ2v) is 5.79. The van der Waals surface area contributed by atoms with Crippen LogP contribution in [0.3, 0.4) is 0 Å². The highest BCUT2D eigenvalue weighted by atomic mass is 15.5. The number of nitrogens with zero attached hydrogens (tertiary/aromatic N) is 3. The first-order valence-electron chi connectivity index (χ1n) is 6.21. The molecule has 1 unspecified atom stereocenters. The van der Waals surface area contributed by atoms with Crippen LogP contribution in [0.25, 0.3) is 0 Å². The molecule has 0 aromatic heterocycles. The maximum Gasteiger partial charge on any atom is 0.186 e. The summed E-state index contributed by atoms with van der Waals surface area (Å²) in [6.45, 7) is 10.9. The lowest BCUT2D eigenvalue weighted by molar-refractivity contribution is -1.08. The normalized spacial score (nSPS) is 39.4. The molecule has 2 bridgehead atoms. The van der Waals surface area contributed by atoms with Crippen LogP contribution in [-0.4, -0.2) is 73.8 Å². The van der Waals surface area contributed by atoms with Gasteiger partial charge in [-0.25, -0.2) is 4.99 Å². The predicted octanol–water partition coefficient (Wildman–Crippen LogP) is -1.06. The summed E-state index contributed by atoms with van der Waals surface area (Å²) in [5, 5.41) is 0. The van der Waals surface area contributed by atoms with E-state index in [1.807, 2.05) is 0 Å². The van der Waals surface area contributed by atoms with Crippen LogP contribution in [0, 0.1) is 0 Å². The van der Waals surface area contributed by atoms with E-state index < -0.39 is 0 Å². The van der Waals surface area contributed by atoms with E-state index in [1.54, 1.807) is 0 Å². The third-order valence-electron chi connectivity index (χ3n) is 4.73. The van der Waals surface area contributed by atoms with Crippen molar-refractivity contribution in [1.29, 1.82) is 0 Å². The quantitative estimate of drug-likeness (QED) is 0.367. The Balaban J connectivity index is 2.01. The van der Waals surface area contributed by atoms with E-state index in [2.05, 4.69) is 19.0 Å². The zero-order valence-corrected chi connectivity index (χ0v) is 10.5. The zero-order chi connectivity index (χ0) is 11.8. The average molecular weight is 227 g/mol. The van der Waals surface area contributed by atoms with Crippen LogP contribution in [0.15, 0.2) is 4.99 Å². The van der Waals surface area contributed by atoms with Gasteiger partial charge in [-0.3, -0.25) is 0 Å². The monoisotopic (exact) mass is 227 g/mol. The van der Waals surface area contributed by atoms with Gasteiger partial charge in [-0.05, 0) is 6.92 Å². The maximum absolute atomic E-state index is 5.40. The van der Waals surface area contributed by atoms with Crippen molar-refractivity contribution < 1.29 is 8.97 Å². The van der Waals surface area contributed by atoms with E-state index in [4.69, 9.17) is 11.5 Å². The third kappa shape index (κ3) is 2.01. The first-order chi connectivity index (χ1) is 7.46. The van der Waals surface area contributed by atoms with E-state index in [0.29, 0.717) is 6.04 Å². The van der Waals surface area contributed by atoms with Crippen molar-refractivity contribution >= 4 is 5.96 Å². The number of hydrogen-bond donors (Lipinski definition) is 2. The summed E-state index contributed by atoms with van der Waals surface area (Å²) < 4.78 is 2.50. The summed E-state index contributed by atoms with van der Waals surface area (Å²) in [4.78, 5) is 4.18. The minimum absolute atomic E-state index is 0.222. The number of nitrogens with two attached hydrogens (primary N) is 2. The molecule has 3 heterocycles. The summed E-state index contributed by atoms with van der Waals surface area (Å²) in [5.41, 5.74) is 10.8. The molecule has 0 saturated carbocycles. The van der Waals surface area contributed by atoms with Crippen molar-refractivity contribution in [3.63, 3.8) is 0 Å². The van der Waals surface area contributed by atoms with E-state index in [-0.39, 0.29) is 5.96 Å². The molecule has 3 aliphatic heterocycles. The lowest BCUT2D eigenvalue weighted by Crippen LogP contribution is -2.76. The van der Waals surface area contributed by atoms with Crippen LogP contribution < -0.4 is 11.5 Å². The van der Waals surface area contributed by atoms with Gasteiger partial charge < -0.3 is 20.4 Å². The second kappa shape index (κ2) is 3.89. The standard InChI is InChI=1S/C11H25N5/c1-10(9-14-11(12)13)16-6-3-15(2,4-7-16)5-8-16/h10H,3-9H2,1-2H3,(H4,12,13,14)/q+2. The second-order valence-electron chi connectivity index (χ2n) is 5.79. The third-order valence-corrected chi connectivity index (χ3v) is 4.73. The van der Waals surface area contributed by atoms with E-state index >= 15 is 0 Å². The highest BCUT2D eigenvalue weighted by Gasteiger charge is 2.49. The molecule has 0 aromatic carbocycles. The molecule has 5 nitrogen and oxygen atoms in total. The van der Waals surface area contributed by atoms with Crippen LogP contribution in [0.2, 0.25) is 0 Å². The van der Waals surface area contributed by atoms with Crippen LogP contribution in [0.1, 0.15) is 6.92 Å². The molecule has 16 heavy (non-hydrogen) atoms. The molecule has 3 rings (SSSR count). The number of guanidine groups is 1. The van der Waals surface area contributed by atoms with Gasteiger partial charge in [0, 0.05) is 0 Å². The van der Waals surface area contributed by atoms with Crippen molar-refractivity contribution in [1.82, 2.24) is 0 Å². The molecule has 0 amide bonds. The minimum Gasteiger partial charge on any atom is -0.370 e. The Morgan fingerprint density at radius 3 is 2.06 bits per heavy atom. The van der Waals surface area contributed by atoms with Crippen LogP contribution in [-0.2, 0) is 0 Å². The number of aliphatic imine (C=N–C) groups is 1. The van der Waals surface area contributed by atoms with Gasteiger partial charge in [0.15, 0.2) is 5.96 Å². The fraction of sp³-hybridized carbons (Fsp3) is 0.909. The Morgan fingerprint density at radius 2 is 1.62 bits per heavy atom. The molecule has 3 aliphatic rings. The number of rotatable bonds is 3. The van der Waals surface area contributed by atoms with Gasteiger partial charge in [0.25, 0.3) is 0 Å². The van der Waals surface area contributed by atoms with Crippen molar-refractivity contribution in [3.05, 3.63) is 0 Å².